The molecule has 3 nitrogen and oxygen atoms in total. The second-order valence-electron chi connectivity index (χ2n) is 5.09. The van der Waals surface area contributed by atoms with E-state index in [2.05, 4.69) is 34.7 Å². The Kier molecular flexibility index (Phi) is 3.99. The predicted octanol–water partition coefficient (Wildman–Crippen LogP) is 2.49. The van der Waals surface area contributed by atoms with Crippen molar-refractivity contribution in [3.05, 3.63) is 18.0 Å². The van der Waals surface area contributed by atoms with Gasteiger partial charge in [-0.25, -0.2) is 0 Å². The first-order chi connectivity index (χ1) is 7.75. The number of rotatable bonds is 4. The minimum atomic E-state index is 0.587. The van der Waals surface area contributed by atoms with Gasteiger partial charge in [0, 0.05) is 12.7 Å². The quantitative estimate of drug-likeness (QED) is 0.779. The van der Waals surface area contributed by atoms with Gasteiger partial charge >= 0.3 is 0 Å². The van der Waals surface area contributed by atoms with Crippen LogP contribution in [-0.4, -0.2) is 34.3 Å². The molecule has 0 amide bonds. The van der Waals surface area contributed by atoms with Crippen molar-refractivity contribution in [1.29, 1.82) is 0 Å². The highest BCUT2D eigenvalue weighted by Gasteiger charge is 2.10. The molecule has 0 aliphatic carbocycles. The Labute approximate surface area is 98.4 Å². The number of piperidine rings is 1. The first-order valence-corrected chi connectivity index (χ1v) is 6.50. The van der Waals surface area contributed by atoms with Gasteiger partial charge in [-0.15, -0.1) is 0 Å². The molecule has 3 heteroatoms. The summed E-state index contributed by atoms with van der Waals surface area (Å²) < 4.78 is 2.09. The lowest BCUT2D eigenvalue weighted by Gasteiger charge is -2.26. The molecule has 0 radical (unpaired) electrons. The van der Waals surface area contributed by atoms with Crippen LogP contribution in [0.25, 0.3) is 0 Å². The normalized spacial score (nSPS) is 18.2. The van der Waals surface area contributed by atoms with Crippen LogP contribution >= 0.6 is 0 Å². The van der Waals surface area contributed by atoms with Crippen LogP contribution in [0.15, 0.2) is 12.4 Å². The van der Waals surface area contributed by atoms with Crippen LogP contribution in [0.2, 0.25) is 0 Å². The fraction of sp³-hybridized carbons (Fsp3) is 0.769. The molecule has 0 bridgehead atoms. The van der Waals surface area contributed by atoms with Crippen molar-refractivity contribution in [2.75, 3.05) is 19.6 Å². The van der Waals surface area contributed by atoms with Crippen LogP contribution in [0.1, 0.15) is 44.6 Å². The highest BCUT2D eigenvalue weighted by atomic mass is 15.3. The Morgan fingerprint density at radius 2 is 1.94 bits per heavy atom. The molecular formula is C13H23N3. The maximum Gasteiger partial charge on any atom is 0.0536 e. The third-order valence-electron chi connectivity index (χ3n) is 3.41. The predicted molar refractivity (Wildman–Crippen MR) is 66.6 cm³/mol. The Balaban J connectivity index is 1.79. The molecule has 1 aromatic heterocycles. The van der Waals surface area contributed by atoms with Gasteiger partial charge in [-0.05, 0) is 37.4 Å². The lowest BCUT2D eigenvalue weighted by atomic mass is 10.1. The maximum atomic E-state index is 4.41. The van der Waals surface area contributed by atoms with E-state index in [9.17, 15) is 0 Å². The summed E-state index contributed by atoms with van der Waals surface area (Å²) in [6, 6.07) is 0. The van der Waals surface area contributed by atoms with E-state index in [0.717, 1.165) is 13.1 Å². The first-order valence-electron chi connectivity index (χ1n) is 6.50. The van der Waals surface area contributed by atoms with Crippen LogP contribution in [0.3, 0.4) is 0 Å². The second-order valence-corrected chi connectivity index (χ2v) is 5.09. The summed E-state index contributed by atoms with van der Waals surface area (Å²) >= 11 is 0. The summed E-state index contributed by atoms with van der Waals surface area (Å²) in [6.45, 7) is 9.17. The molecule has 0 atom stereocenters. The molecule has 0 saturated carbocycles. The number of nitrogens with zero attached hydrogens (tertiary/aromatic N) is 3. The van der Waals surface area contributed by atoms with Crippen molar-refractivity contribution in [2.45, 2.75) is 45.6 Å². The molecule has 90 valence electrons. The summed E-state index contributed by atoms with van der Waals surface area (Å²) in [5.41, 5.74) is 1.35. The molecule has 0 aromatic carbocycles. The van der Waals surface area contributed by atoms with Gasteiger partial charge in [-0.1, -0.05) is 20.3 Å². The van der Waals surface area contributed by atoms with Gasteiger partial charge in [0.1, 0.15) is 0 Å². The zero-order valence-electron chi connectivity index (χ0n) is 10.5. The van der Waals surface area contributed by atoms with Gasteiger partial charge in [-0.2, -0.15) is 5.10 Å². The number of hydrogen-bond acceptors (Lipinski definition) is 2. The molecule has 1 saturated heterocycles. The van der Waals surface area contributed by atoms with Crippen LogP contribution in [0.4, 0.5) is 0 Å². The molecule has 2 heterocycles. The smallest absolute Gasteiger partial charge is 0.0536 e. The van der Waals surface area contributed by atoms with Crippen LogP contribution < -0.4 is 0 Å². The summed E-state index contributed by atoms with van der Waals surface area (Å²) in [4.78, 5) is 2.56. The van der Waals surface area contributed by atoms with E-state index in [-0.39, 0.29) is 0 Å². The van der Waals surface area contributed by atoms with E-state index in [1.54, 1.807) is 0 Å². The summed E-state index contributed by atoms with van der Waals surface area (Å²) in [5, 5.41) is 4.41. The molecule has 16 heavy (non-hydrogen) atoms. The van der Waals surface area contributed by atoms with Crippen molar-refractivity contribution in [1.82, 2.24) is 14.7 Å². The SMILES string of the molecule is CC(C)c1cnn(CCN2CCCCC2)c1. The van der Waals surface area contributed by atoms with Crippen molar-refractivity contribution in [3.8, 4) is 0 Å². The standard InChI is InChI=1S/C13H23N3/c1-12(2)13-10-14-16(11-13)9-8-15-6-4-3-5-7-15/h10-12H,3-9H2,1-2H3. The van der Waals surface area contributed by atoms with E-state index in [1.807, 2.05) is 6.20 Å². The minimum absolute atomic E-state index is 0.587. The second kappa shape index (κ2) is 5.48. The molecule has 1 fully saturated rings. The molecule has 2 rings (SSSR count). The molecule has 0 unspecified atom stereocenters. The van der Waals surface area contributed by atoms with Crippen molar-refractivity contribution in [3.63, 3.8) is 0 Å². The molecule has 1 aliphatic heterocycles. The molecule has 0 N–H and O–H groups in total. The van der Waals surface area contributed by atoms with Crippen LogP contribution in [0.5, 0.6) is 0 Å². The van der Waals surface area contributed by atoms with E-state index >= 15 is 0 Å². The lowest BCUT2D eigenvalue weighted by molar-refractivity contribution is 0.218. The monoisotopic (exact) mass is 221 g/mol. The zero-order valence-corrected chi connectivity index (χ0v) is 10.5. The van der Waals surface area contributed by atoms with Crippen molar-refractivity contribution in [2.24, 2.45) is 0 Å². The summed E-state index contributed by atoms with van der Waals surface area (Å²) in [5.74, 6) is 0.587. The van der Waals surface area contributed by atoms with E-state index in [0.29, 0.717) is 5.92 Å². The van der Waals surface area contributed by atoms with Crippen LogP contribution in [-0.2, 0) is 6.54 Å². The molecular weight excluding hydrogens is 198 g/mol. The fourth-order valence-corrected chi connectivity index (χ4v) is 2.23. The van der Waals surface area contributed by atoms with E-state index in [4.69, 9.17) is 0 Å². The van der Waals surface area contributed by atoms with Gasteiger partial charge in [0.05, 0.1) is 12.7 Å². The maximum absolute atomic E-state index is 4.41. The van der Waals surface area contributed by atoms with Gasteiger partial charge in [0.2, 0.25) is 0 Å². The Morgan fingerprint density at radius 3 is 2.56 bits per heavy atom. The van der Waals surface area contributed by atoms with E-state index in [1.165, 1.54) is 37.9 Å². The minimum Gasteiger partial charge on any atom is -0.301 e. The van der Waals surface area contributed by atoms with Crippen molar-refractivity contribution >= 4 is 0 Å². The number of likely N-dealkylation sites (tertiary alicyclic amines) is 1. The summed E-state index contributed by atoms with van der Waals surface area (Å²) in [6.07, 6.45) is 8.35. The van der Waals surface area contributed by atoms with Gasteiger partial charge in [-0.3, -0.25) is 4.68 Å². The molecule has 1 aliphatic rings. The average molecular weight is 221 g/mol. The van der Waals surface area contributed by atoms with E-state index < -0.39 is 0 Å². The highest BCUT2D eigenvalue weighted by molar-refractivity contribution is 5.08. The van der Waals surface area contributed by atoms with Crippen LogP contribution in [0, 0.1) is 0 Å². The summed E-state index contributed by atoms with van der Waals surface area (Å²) in [7, 11) is 0. The third kappa shape index (κ3) is 3.08. The van der Waals surface area contributed by atoms with Gasteiger partial charge in [0.15, 0.2) is 0 Å². The third-order valence-corrected chi connectivity index (χ3v) is 3.41. The Bertz CT molecular complexity index is 311. The highest BCUT2D eigenvalue weighted by Crippen LogP contribution is 2.12. The Morgan fingerprint density at radius 1 is 1.19 bits per heavy atom. The topological polar surface area (TPSA) is 21.1 Å². The van der Waals surface area contributed by atoms with Gasteiger partial charge < -0.3 is 4.90 Å². The largest absolute Gasteiger partial charge is 0.301 e. The van der Waals surface area contributed by atoms with Crippen molar-refractivity contribution < 1.29 is 0 Å². The average Bonchev–Trinajstić information content (AvgIpc) is 2.76. The fourth-order valence-electron chi connectivity index (χ4n) is 2.23. The zero-order chi connectivity index (χ0) is 11.4. The van der Waals surface area contributed by atoms with Gasteiger partial charge in [0.25, 0.3) is 0 Å². The number of hydrogen-bond donors (Lipinski definition) is 0. The molecule has 1 aromatic rings. The first kappa shape index (κ1) is 11.6. The number of aromatic nitrogens is 2. The Hall–Kier alpha value is -0.830. The molecule has 0 spiro atoms. The lowest BCUT2D eigenvalue weighted by Crippen LogP contribution is -2.32.